The van der Waals surface area contributed by atoms with Gasteiger partial charge in [-0.1, -0.05) is 23.5 Å². The second-order valence-electron chi connectivity index (χ2n) is 9.82. The molecular formula is C32H28BrN3O8S. The van der Waals surface area contributed by atoms with Crippen LogP contribution in [0, 0.1) is 10.1 Å². The van der Waals surface area contributed by atoms with Crippen LogP contribution in [0.1, 0.15) is 36.6 Å². The van der Waals surface area contributed by atoms with Gasteiger partial charge >= 0.3 is 5.97 Å². The molecule has 2 heterocycles. The van der Waals surface area contributed by atoms with E-state index in [4.69, 9.17) is 18.9 Å². The third kappa shape index (κ3) is 6.54. The molecule has 11 nitrogen and oxygen atoms in total. The number of hydrogen-bond donors (Lipinski definition) is 0. The van der Waals surface area contributed by atoms with E-state index >= 15 is 0 Å². The third-order valence-corrected chi connectivity index (χ3v) is 8.64. The molecule has 0 saturated carbocycles. The Kier molecular flexibility index (Phi) is 9.49. The topological polar surface area (TPSA) is 131 Å². The van der Waals surface area contributed by atoms with E-state index in [0.29, 0.717) is 42.3 Å². The number of nitro groups is 1. The number of rotatable bonds is 10. The molecular weight excluding hydrogens is 666 g/mol. The van der Waals surface area contributed by atoms with E-state index in [1.54, 1.807) is 56.3 Å². The summed E-state index contributed by atoms with van der Waals surface area (Å²) >= 11 is 4.76. The fourth-order valence-corrected chi connectivity index (χ4v) is 6.44. The monoisotopic (exact) mass is 693 g/mol. The summed E-state index contributed by atoms with van der Waals surface area (Å²) in [7, 11) is 3.05. The molecule has 0 N–H and O–H groups in total. The van der Waals surface area contributed by atoms with Gasteiger partial charge in [0, 0.05) is 12.1 Å². The second kappa shape index (κ2) is 13.5. The quantitative estimate of drug-likeness (QED) is 0.128. The van der Waals surface area contributed by atoms with Crippen molar-refractivity contribution < 1.29 is 28.7 Å². The number of halogens is 1. The molecule has 232 valence electrons. The average molecular weight is 695 g/mol. The first-order valence-electron chi connectivity index (χ1n) is 13.7. The van der Waals surface area contributed by atoms with Crippen molar-refractivity contribution >= 4 is 45.0 Å². The van der Waals surface area contributed by atoms with Crippen molar-refractivity contribution in [3.05, 3.63) is 123 Å². The number of hydrogen-bond acceptors (Lipinski definition) is 10. The number of allylic oxidation sites excluding steroid dienone is 1. The Balaban J connectivity index is 1.51. The molecule has 1 aromatic heterocycles. The Bertz CT molecular complexity index is 2000. The van der Waals surface area contributed by atoms with Crippen molar-refractivity contribution in [2.45, 2.75) is 26.5 Å². The summed E-state index contributed by atoms with van der Waals surface area (Å²) < 4.78 is 24.8. The summed E-state index contributed by atoms with van der Waals surface area (Å²) in [6.07, 6.45) is 1.75. The highest BCUT2D eigenvalue weighted by Crippen LogP contribution is 2.36. The van der Waals surface area contributed by atoms with Gasteiger partial charge in [-0.2, -0.15) is 0 Å². The molecule has 0 bridgehead atoms. The molecule has 45 heavy (non-hydrogen) atoms. The summed E-state index contributed by atoms with van der Waals surface area (Å²) in [5.74, 6) is 0.977. The highest BCUT2D eigenvalue weighted by atomic mass is 79.9. The van der Waals surface area contributed by atoms with Crippen LogP contribution in [-0.2, 0) is 16.1 Å². The molecule has 4 aromatic rings. The van der Waals surface area contributed by atoms with Crippen LogP contribution in [0.15, 0.2) is 86.2 Å². The smallest absolute Gasteiger partial charge is 0.338 e. The zero-order valence-electron chi connectivity index (χ0n) is 24.7. The fraction of sp³-hybridized carbons (Fsp3) is 0.219. The summed E-state index contributed by atoms with van der Waals surface area (Å²) in [4.78, 5) is 42.7. The number of non-ortho nitro benzene ring substituents is 1. The van der Waals surface area contributed by atoms with E-state index in [9.17, 15) is 19.7 Å². The largest absolute Gasteiger partial charge is 0.493 e. The number of esters is 1. The maximum Gasteiger partial charge on any atom is 0.338 e. The SMILES string of the molecule is CCOC(=O)C1=C(C)N=c2s/c(=C\c3ccc(OCc4ccc([N+](=O)[O-])cc4)c(Br)c3)c(=O)n2[C@H]1c1ccc(OC)c(OC)c1. The minimum Gasteiger partial charge on any atom is -0.493 e. The van der Waals surface area contributed by atoms with Crippen molar-refractivity contribution in [2.75, 3.05) is 20.8 Å². The summed E-state index contributed by atoms with van der Waals surface area (Å²) in [5.41, 5.74) is 2.56. The molecule has 13 heteroatoms. The Morgan fingerprint density at radius 3 is 2.42 bits per heavy atom. The molecule has 0 saturated heterocycles. The summed E-state index contributed by atoms with van der Waals surface area (Å²) in [5, 5.41) is 10.9. The van der Waals surface area contributed by atoms with Gasteiger partial charge in [-0.25, -0.2) is 9.79 Å². The van der Waals surface area contributed by atoms with Crippen LogP contribution in [-0.4, -0.2) is 36.3 Å². The van der Waals surface area contributed by atoms with Crippen LogP contribution in [0.5, 0.6) is 17.2 Å². The predicted octanol–water partition coefficient (Wildman–Crippen LogP) is 5.07. The van der Waals surface area contributed by atoms with Crippen LogP contribution < -0.4 is 29.1 Å². The highest BCUT2D eigenvalue weighted by Gasteiger charge is 2.34. The van der Waals surface area contributed by atoms with E-state index in [1.807, 2.05) is 12.1 Å². The lowest BCUT2D eigenvalue weighted by molar-refractivity contribution is -0.384. The average Bonchev–Trinajstić information content (AvgIpc) is 3.33. The fourth-order valence-electron chi connectivity index (χ4n) is 4.88. The predicted molar refractivity (Wildman–Crippen MR) is 172 cm³/mol. The number of carbonyl (C=O) groups is 1. The van der Waals surface area contributed by atoms with E-state index < -0.39 is 16.9 Å². The number of ether oxygens (including phenoxy) is 4. The Labute approximate surface area is 269 Å². The minimum absolute atomic E-state index is 0.0110. The number of benzene rings is 3. The van der Waals surface area contributed by atoms with Gasteiger partial charge in [-0.3, -0.25) is 19.5 Å². The minimum atomic E-state index is -0.802. The number of nitro benzene ring substituents is 1. The number of aromatic nitrogens is 1. The first-order chi connectivity index (χ1) is 21.6. The van der Waals surface area contributed by atoms with Crippen molar-refractivity contribution in [1.29, 1.82) is 0 Å². The second-order valence-corrected chi connectivity index (χ2v) is 11.7. The number of carbonyl (C=O) groups excluding carboxylic acids is 1. The standard InChI is InChI=1S/C32H28BrN3O8S/c1-5-43-31(38)28-18(2)34-32-35(29(28)21-9-13-25(41-3)26(16-21)42-4)30(37)27(45-32)15-20-8-12-24(23(33)14-20)44-17-19-6-10-22(11-7-19)36(39)40/h6-16,29H,5,17H2,1-4H3/b27-15-/t29-/m0/s1. The lowest BCUT2D eigenvalue weighted by Crippen LogP contribution is -2.39. The molecule has 0 spiro atoms. The molecule has 1 aliphatic heterocycles. The lowest BCUT2D eigenvalue weighted by Gasteiger charge is -2.25. The van der Waals surface area contributed by atoms with E-state index in [1.165, 1.54) is 42.3 Å². The number of methoxy groups -OCH3 is 2. The molecule has 0 fully saturated rings. The van der Waals surface area contributed by atoms with E-state index in [-0.39, 0.29) is 30.0 Å². The molecule has 0 radical (unpaired) electrons. The van der Waals surface area contributed by atoms with Gasteiger partial charge < -0.3 is 18.9 Å². The van der Waals surface area contributed by atoms with Gasteiger partial charge in [0.2, 0.25) is 0 Å². The van der Waals surface area contributed by atoms with Crippen molar-refractivity contribution in [2.24, 2.45) is 4.99 Å². The zero-order valence-corrected chi connectivity index (χ0v) is 27.1. The Morgan fingerprint density at radius 1 is 1.07 bits per heavy atom. The molecule has 5 rings (SSSR count). The highest BCUT2D eigenvalue weighted by molar-refractivity contribution is 9.10. The number of thiazole rings is 1. The summed E-state index contributed by atoms with van der Waals surface area (Å²) in [6, 6.07) is 16.0. The van der Waals surface area contributed by atoms with Gasteiger partial charge in [0.1, 0.15) is 12.4 Å². The van der Waals surface area contributed by atoms with Gasteiger partial charge in [0.05, 0.1) is 52.1 Å². The van der Waals surface area contributed by atoms with Crippen LogP contribution >= 0.6 is 27.3 Å². The first kappa shape index (κ1) is 31.7. The van der Waals surface area contributed by atoms with Crippen LogP contribution in [0.3, 0.4) is 0 Å². The maximum absolute atomic E-state index is 14.0. The van der Waals surface area contributed by atoms with Gasteiger partial charge in [0.25, 0.3) is 11.2 Å². The Hall–Kier alpha value is -4.75. The van der Waals surface area contributed by atoms with Gasteiger partial charge in [-0.15, -0.1) is 0 Å². The van der Waals surface area contributed by atoms with E-state index in [0.717, 1.165) is 11.1 Å². The van der Waals surface area contributed by atoms with Crippen molar-refractivity contribution in [3.63, 3.8) is 0 Å². The summed E-state index contributed by atoms with van der Waals surface area (Å²) in [6.45, 7) is 3.83. The lowest BCUT2D eigenvalue weighted by atomic mass is 9.95. The number of nitrogens with zero attached hydrogens (tertiary/aromatic N) is 3. The third-order valence-electron chi connectivity index (χ3n) is 7.04. The van der Waals surface area contributed by atoms with Gasteiger partial charge in [-0.05, 0) is 88.9 Å². The molecule has 3 aromatic carbocycles. The van der Waals surface area contributed by atoms with E-state index in [2.05, 4.69) is 20.9 Å². The van der Waals surface area contributed by atoms with Gasteiger partial charge in [0.15, 0.2) is 16.3 Å². The molecule has 0 unspecified atom stereocenters. The van der Waals surface area contributed by atoms with Crippen LogP contribution in [0.4, 0.5) is 5.69 Å². The van der Waals surface area contributed by atoms with Crippen molar-refractivity contribution in [1.82, 2.24) is 4.57 Å². The molecule has 0 amide bonds. The Morgan fingerprint density at radius 2 is 1.78 bits per heavy atom. The van der Waals surface area contributed by atoms with Crippen molar-refractivity contribution in [3.8, 4) is 17.2 Å². The molecule has 0 aliphatic carbocycles. The normalized spacial score (nSPS) is 14.4. The van der Waals surface area contributed by atoms with Crippen LogP contribution in [0.25, 0.3) is 6.08 Å². The molecule has 1 aliphatic rings. The maximum atomic E-state index is 14.0. The zero-order chi connectivity index (χ0) is 32.2. The molecule has 1 atom stereocenters. The number of fused-ring (bicyclic) bond motifs is 1. The first-order valence-corrected chi connectivity index (χ1v) is 15.3. The van der Waals surface area contributed by atoms with Crippen LogP contribution in [0.2, 0.25) is 0 Å².